The SMILES string of the molecule is O=C1COc2ccc(S(=O)(=O)NCC3(c4ccccc4)CCCCC3)cc2N1. The average Bonchev–Trinajstić information content (AvgIpc) is 2.73. The third kappa shape index (κ3) is 3.77. The number of hydrogen-bond donors (Lipinski definition) is 2. The van der Waals surface area contributed by atoms with Crippen LogP contribution in [0.15, 0.2) is 53.4 Å². The Morgan fingerprint density at radius 2 is 1.79 bits per heavy atom. The summed E-state index contributed by atoms with van der Waals surface area (Å²) in [5, 5.41) is 2.66. The van der Waals surface area contributed by atoms with Gasteiger partial charge in [0.25, 0.3) is 5.91 Å². The minimum absolute atomic E-state index is 0.0586. The molecule has 28 heavy (non-hydrogen) atoms. The van der Waals surface area contributed by atoms with Crippen molar-refractivity contribution in [1.29, 1.82) is 0 Å². The second-order valence-corrected chi connectivity index (χ2v) is 9.29. The number of rotatable bonds is 5. The molecule has 148 valence electrons. The summed E-state index contributed by atoms with van der Waals surface area (Å²) in [6, 6.07) is 14.7. The van der Waals surface area contributed by atoms with Crippen molar-refractivity contribution in [2.24, 2.45) is 0 Å². The molecule has 0 radical (unpaired) electrons. The Bertz CT molecular complexity index is 967. The van der Waals surface area contributed by atoms with Gasteiger partial charge in [0.05, 0.1) is 10.6 Å². The molecule has 1 saturated carbocycles. The summed E-state index contributed by atoms with van der Waals surface area (Å²) in [5.41, 5.74) is 1.39. The van der Waals surface area contributed by atoms with Gasteiger partial charge in [-0.2, -0.15) is 0 Å². The van der Waals surface area contributed by atoms with E-state index in [1.807, 2.05) is 18.2 Å². The van der Waals surface area contributed by atoms with E-state index in [-0.39, 0.29) is 22.8 Å². The Kier molecular flexibility index (Phi) is 5.12. The largest absolute Gasteiger partial charge is 0.482 e. The molecule has 6 nitrogen and oxygen atoms in total. The van der Waals surface area contributed by atoms with E-state index in [1.54, 1.807) is 6.07 Å². The molecule has 0 atom stereocenters. The smallest absolute Gasteiger partial charge is 0.262 e. The monoisotopic (exact) mass is 400 g/mol. The Morgan fingerprint density at radius 1 is 1.04 bits per heavy atom. The maximum absolute atomic E-state index is 13.0. The van der Waals surface area contributed by atoms with E-state index >= 15 is 0 Å². The molecule has 7 heteroatoms. The van der Waals surface area contributed by atoms with E-state index in [1.165, 1.54) is 24.1 Å². The standard InChI is InChI=1S/C21H24N2O4S/c24-20-14-27-19-10-9-17(13-18(19)23-20)28(25,26)22-15-21(11-5-2-6-12-21)16-7-3-1-4-8-16/h1,3-4,7-10,13,22H,2,5-6,11-12,14-15H2,(H,23,24). The van der Waals surface area contributed by atoms with Gasteiger partial charge in [-0.05, 0) is 36.6 Å². The first kappa shape index (κ1) is 19.0. The van der Waals surface area contributed by atoms with Crippen LogP contribution in [0.3, 0.4) is 0 Å². The van der Waals surface area contributed by atoms with Crippen LogP contribution in [0.2, 0.25) is 0 Å². The van der Waals surface area contributed by atoms with E-state index in [2.05, 4.69) is 22.2 Å². The number of hydrogen-bond acceptors (Lipinski definition) is 4. The van der Waals surface area contributed by atoms with Crippen LogP contribution >= 0.6 is 0 Å². The lowest BCUT2D eigenvalue weighted by Crippen LogP contribution is -2.42. The van der Waals surface area contributed by atoms with Gasteiger partial charge in [0, 0.05) is 12.0 Å². The van der Waals surface area contributed by atoms with Crippen LogP contribution in [0.4, 0.5) is 5.69 Å². The summed E-state index contributed by atoms with van der Waals surface area (Å²) >= 11 is 0. The number of amides is 1. The van der Waals surface area contributed by atoms with Crippen molar-refractivity contribution in [2.45, 2.75) is 42.4 Å². The lowest BCUT2D eigenvalue weighted by molar-refractivity contribution is -0.118. The quantitative estimate of drug-likeness (QED) is 0.807. The molecular weight excluding hydrogens is 376 g/mol. The number of carbonyl (C=O) groups is 1. The van der Waals surface area contributed by atoms with Gasteiger partial charge in [-0.3, -0.25) is 4.79 Å². The highest BCUT2D eigenvalue weighted by Crippen LogP contribution is 2.39. The molecule has 0 aromatic heterocycles. The summed E-state index contributed by atoms with van der Waals surface area (Å²) in [5.74, 6) is 0.187. The molecule has 0 unspecified atom stereocenters. The zero-order valence-electron chi connectivity index (χ0n) is 15.6. The maximum Gasteiger partial charge on any atom is 0.262 e. The number of sulfonamides is 1. The summed E-state index contributed by atoms with van der Waals surface area (Å²) < 4.78 is 34.0. The molecule has 1 aliphatic heterocycles. The van der Waals surface area contributed by atoms with Gasteiger partial charge >= 0.3 is 0 Å². The second-order valence-electron chi connectivity index (χ2n) is 7.53. The third-order valence-electron chi connectivity index (χ3n) is 5.69. The Morgan fingerprint density at radius 3 is 2.54 bits per heavy atom. The lowest BCUT2D eigenvalue weighted by Gasteiger charge is -2.38. The molecular formula is C21H24N2O4S. The Balaban J connectivity index is 1.57. The summed E-state index contributed by atoms with van der Waals surface area (Å²) in [6.07, 6.45) is 5.31. The van der Waals surface area contributed by atoms with E-state index in [9.17, 15) is 13.2 Å². The third-order valence-corrected chi connectivity index (χ3v) is 7.09. The van der Waals surface area contributed by atoms with Crippen LogP contribution < -0.4 is 14.8 Å². The van der Waals surface area contributed by atoms with Gasteiger partial charge in [0.2, 0.25) is 10.0 Å². The summed E-state index contributed by atoms with van der Waals surface area (Å²) in [6.45, 7) is 0.302. The van der Waals surface area contributed by atoms with Crippen LogP contribution in [0.1, 0.15) is 37.7 Å². The molecule has 2 aromatic rings. The number of nitrogens with one attached hydrogen (secondary N) is 2. The number of fused-ring (bicyclic) bond motifs is 1. The first-order valence-electron chi connectivity index (χ1n) is 9.60. The van der Waals surface area contributed by atoms with Gasteiger partial charge in [-0.1, -0.05) is 49.6 Å². The minimum atomic E-state index is -3.71. The fourth-order valence-corrected chi connectivity index (χ4v) is 5.29. The topological polar surface area (TPSA) is 84.5 Å². The highest BCUT2D eigenvalue weighted by Gasteiger charge is 2.35. The van der Waals surface area contributed by atoms with Gasteiger partial charge in [-0.15, -0.1) is 0 Å². The van der Waals surface area contributed by atoms with E-state index in [4.69, 9.17) is 4.74 Å². The zero-order valence-corrected chi connectivity index (χ0v) is 16.4. The molecule has 0 saturated heterocycles. The molecule has 1 heterocycles. The Labute approximate surface area is 165 Å². The fraction of sp³-hybridized carbons (Fsp3) is 0.381. The van der Waals surface area contributed by atoms with Gasteiger partial charge < -0.3 is 10.1 Å². The first-order valence-corrected chi connectivity index (χ1v) is 11.1. The number of benzene rings is 2. The van der Waals surface area contributed by atoms with Crippen molar-refractivity contribution in [1.82, 2.24) is 4.72 Å². The maximum atomic E-state index is 13.0. The average molecular weight is 401 g/mol. The molecule has 0 spiro atoms. The second kappa shape index (κ2) is 7.56. The number of carbonyl (C=O) groups excluding carboxylic acids is 1. The molecule has 4 rings (SSSR count). The molecule has 1 aliphatic carbocycles. The van der Waals surface area contributed by atoms with Gasteiger partial charge in [0.1, 0.15) is 5.75 Å². The van der Waals surface area contributed by atoms with Crippen molar-refractivity contribution in [3.8, 4) is 5.75 Å². The Hall–Kier alpha value is -2.38. The number of anilines is 1. The predicted octanol–water partition coefficient (Wildman–Crippen LogP) is 3.20. The predicted molar refractivity (Wildman–Crippen MR) is 107 cm³/mol. The van der Waals surface area contributed by atoms with Crippen LogP contribution in [0.25, 0.3) is 0 Å². The van der Waals surface area contributed by atoms with Crippen molar-refractivity contribution in [2.75, 3.05) is 18.5 Å². The number of ether oxygens (including phenoxy) is 1. The molecule has 2 aromatic carbocycles. The molecule has 1 amide bonds. The molecule has 2 aliphatic rings. The van der Waals surface area contributed by atoms with Crippen molar-refractivity contribution in [3.05, 3.63) is 54.1 Å². The minimum Gasteiger partial charge on any atom is -0.482 e. The van der Waals surface area contributed by atoms with Crippen molar-refractivity contribution < 1.29 is 17.9 Å². The zero-order chi connectivity index (χ0) is 19.6. The van der Waals surface area contributed by atoms with Crippen LogP contribution in [-0.4, -0.2) is 27.5 Å². The van der Waals surface area contributed by atoms with Crippen molar-refractivity contribution in [3.63, 3.8) is 0 Å². The summed E-state index contributed by atoms with van der Waals surface area (Å²) in [7, 11) is -3.71. The molecule has 0 bridgehead atoms. The van der Waals surface area contributed by atoms with Crippen LogP contribution in [0.5, 0.6) is 5.75 Å². The van der Waals surface area contributed by atoms with Crippen LogP contribution in [-0.2, 0) is 20.2 Å². The van der Waals surface area contributed by atoms with E-state index in [0.717, 1.165) is 25.7 Å². The van der Waals surface area contributed by atoms with Gasteiger partial charge in [0.15, 0.2) is 6.61 Å². The highest BCUT2D eigenvalue weighted by molar-refractivity contribution is 7.89. The normalized spacial score (nSPS) is 18.6. The molecule has 2 N–H and O–H groups in total. The van der Waals surface area contributed by atoms with Gasteiger partial charge in [-0.25, -0.2) is 13.1 Å². The highest BCUT2D eigenvalue weighted by atomic mass is 32.2. The first-order chi connectivity index (χ1) is 13.5. The molecule has 1 fully saturated rings. The van der Waals surface area contributed by atoms with E-state index in [0.29, 0.717) is 18.0 Å². The fourth-order valence-electron chi connectivity index (χ4n) is 4.13. The van der Waals surface area contributed by atoms with Crippen molar-refractivity contribution >= 4 is 21.6 Å². The summed E-state index contributed by atoms with van der Waals surface area (Å²) in [4.78, 5) is 11.6. The van der Waals surface area contributed by atoms with E-state index < -0.39 is 10.0 Å². The van der Waals surface area contributed by atoms with Crippen LogP contribution in [0, 0.1) is 0 Å². The lowest BCUT2D eigenvalue weighted by atomic mass is 9.69.